The highest BCUT2D eigenvalue weighted by atomic mass is 16.5. The predicted octanol–water partition coefficient (Wildman–Crippen LogP) is 2.91. The first-order valence-electron chi connectivity index (χ1n) is 8.44. The van der Waals surface area contributed by atoms with Gasteiger partial charge in [-0.3, -0.25) is 0 Å². The molecule has 0 amide bonds. The fourth-order valence-electron chi connectivity index (χ4n) is 4.01. The highest BCUT2D eigenvalue weighted by molar-refractivity contribution is 5.81. The van der Waals surface area contributed by atoms with E-state index < -0.39 is 16.8 Å². The second-order valence-electron chi connectivity index (χ2n) is 6.78. The highest BCUT2D eigenvalue weighted by Crippen LogP contribution is 2.55. The van der Waals surface area contributed by atoms with Crippen LogP contribution >= 0.6 is 0 Å². The Morgan fingerprint density at radius 1 is 1.22 bits per heavy atom. The van der Waals surface area contributed by atoms with Crippen molar-refractivity contribution in [3.63, 3.8) is 0 Å². The number of hydrogen-bond donors (Lipinski definition) is 2. The van der Waals surface area contributed by atoms with Gasteiger partial charge in [0.2, 0.25) is 0 Å². The maximum Gasteiger partial charge on any atom is 0.330 e. The third-order valence-electron chi connectivity index (χ3n) is 5.69. The van der Waals surface area contributed by atoms with Crippen molar-refractivity contribution in [2.45, 2.75) is 45.4 Å². The minimum atomic E-state index is -0.919. The molecule has 23 heavy (non-hydrogen) atoms. The molecular weight excluding hydrogens is 292 g/mol. The van der Waals surface area contributed by atoms with Gasteiger partial charge in [-0.2, -0.15) is 0 Å². The van der Waals surface area contributed by atoms with Gasteiger partial charge in [-0.15, -0.1) is 0 Å². The van der Waals surface area contributed by atoms with Gasteiger partial charge in [-0.05, 0) is 38.5 Å². The molecule has 0 spiro atoms. The van der Waals surface area contributed by atoms with Crippen LogP contribution in [-0.4, -0.2) is 36.0 Å². The van der Waals surface area contributed by atoms with E-state index in [0.717, 1.165) is 44.6 Å². The topological polar surface area (TPSA) is 66.8 Å². The molecule has 4 nitrogen and oxygen atoms in total. The normalized spacial score (nSPS) is 18.6. The van der Waals surface area contributed by atoms with E-state index in [9.17, 15) is 15.0 Å². The third-order valence-corrected chi connectivity index (χ3v) is 5.69. The van der Waals surface area contributed by atoms with Crippen LogP contribution in [0.25, 0.3) is 0 Å². The molecule has 0 atom stereocenters. The lowest BCUT2D eigenvalue weighted by atomic mass is 9.57. The van der Waals surface area contributed by atoms with E-state index in [2.05, 4.69) is 25.7 Å². The van der Waals surface area contributed by atoms with E-state index in [1.807, 2.05) is 0 Å². The van der Waals surface area contributed by atoms with Gasteiger partial charge in [0.25, 0.3) is 0 Å². The molecule has 4 heteroatoms. The van der Waals surface area contributed by atoms with E-state index in [1.165, 1.54) is 11.1 Å². The van der Waals surface area contributed by atoms with Gasteiger partial charge in [0, 0.05) is 11.5 Å². The Balaban J connectivity index is 2.43. The van der Waals surface area contributed by atoms with Crippen molar-refractivity contribution in [1.82, 2.24) is 0 Å². The summed E-state index contributed by atoms with van der Waals surface area (Å²) in [6, 6.07) is 0. The van der Waals surface area contributed by atoms with Crippen molar-refractivity contribution in [3.8, 4) is 0 Å². The molecule has 0 bridgehead atoms. The molecule has 0 saturated carbocycles. The SMILES string of the molecule is C=CC(=O)OCC(CO)(CO)C(C)(C1=CCCC1)C1=CCCC1. The minimum Gasteiger partial charge on any atom is -0.462 e. The lowest BCUT2D eigenvalue weighted by Gasteiger charge is -2.49. The van der Waals surface area contributed by atoms with Crippen LogP contribution in [0.4, 0.5) is 0 Å². The maximum atomic E-state index is 11.5. The summed E-state index contributed by atoms with van der Waals surface area (Å²) in [5.74, 6) is -0.528. The van der Waals surface area contributed by atoms with E-state index in [0.29, 0.717) is 0 Å². The van der Waals surface area contributed by atoms with Crippen molar-refractivity contribution < 1.29 is 19.7 Å². The predicted molar refractivity (Wildman–Crippen MR) is 89.7 cm³/mol. The monoisotopic (exact) mass is 320 g/mol. The van der Waals surface area contributed by atoms with Crippen molar-refractivity contribution in [1.29, 1.82) is 0 Å². The maximum absolute atomic E-state index is 11.5. The Morgan fingerprint density at radius 2 is 1.74 bits per heavy atom. The number of hydrogen-bond acceptors (Lipinski definition) is 4. The molecule has 0 aromatic rings. The molecule has 0 aliphatic heterocycles. The Labute approximate surface area is 138 Å². The molecule has 128 valence electrons. The summed E-state index contributed by atoms with van der Waals surface area (Å²) >= 11 is 0. The largest absolute Gasteiger partial charge is 0.462 e. The average molecular weight is 320 g/mol. The summed E-state index contributed by atoms with van der Waals surface area (Å²) in [6.07, 6.45) is 11.7. The Kier molecular flexibility index (Phi) is 5.82. The van der Waals surface area contributed by atoms with E-state index >= 15 is 0 Å². The number of allylic oxidation sites excluding steroid dienone is 4. The Bertz CT molecular complexity index is 487. The van der Waals surface area contributed by atoms with Crippen LogP contribution in [0.2, 0.25) is 0 Å². The fourth-order valence-corrected chi connectivity index (χ4v) is 4.01. The number of carbonyl (C=O) groups is 1. The zero-order valence-corrected chi connectivity index (χ0v) is 14.0. The molecule has 2 rings (SSSR count). The molecule has 0 aromatic heterocycles. The smallest absolute Gasteiger partial charge is 0.330 e. The lowest BCUT2D eigenvalue weighted by Crippen LogP contribution is -2.51. The molecular formula is C19H28O4. The summed E-state index contributed by atoms with van der Waals surface area (Å²) in [4.78, 5) is 11.5. The second-order valence-corrected chi connectivity index (χ2v) is 6.78. The molecule has 2 aliphatic carbocycles. The van der Waals surface area contributed by atoms with Gasteiger partial charge in [0.1, 0.15) is 6.61 Å². The quantitative estimate of drug-likeness (QED) is 0.410. The molecule has 0 heterocycles. The highest BCUT2D eigenvalue weighted by Gasteiger charge is 2.53. The molecule has 0 radical (unpaired) electrons. The van der Waals surface area contributed by atoms with E-state index in [-0.39, 0.29) is 19.8 Å². The standard InChI is InChI=1S/C19H28O4/c1-3-17(22)23-14-19(12-20,13-21)18(2,15-8-4-5-9-15)16-10-6-7-11-16/h3,8,10,20-21H,1,4-7,9,11-14H2,2H3. The number of esters is 1. The first-order valence-corrected chi connectivity index (χ1v) is 8.44. The summed E-state index contributed by atoms with van der Waals surface area (Å²) < 4.78 is 5.27. The summed E-state index contributed by atoms with van der Waals surface area (Å²) in [7, 11) is 0. The van der Waals surface area contributed by atoms with Gasteiger partial charge in [-0.25, -0.2) is 4.79 Å². The first-order chi connectivity index (χ1) is 11.0. The van der Waals surface area contributed by atoms with Gasteiger partial charge >= 0.3 is 5.97 Å². The summed E-state index contributed by atoms with van der Waals surface area (Å²) in [5.41, 5.74) is 1.11. The number of rotatable bonds is 8. The zero-order valence-electron chi connectivity index (χ0n) is 14.0. The minimum absolute atomic E-state index is 0.0178. The number of ether oxygens (including phenoxy) is 1. The van der Waals surface area contributed by atoms with Crippen LogP contribution in [-0.2, 0) is 9.53 Å². The van der Waals surface area contributed by atoms with Crippen LogP contribution in [0, 0.1) is 10.8 Å². The van der Waals surface area contributed by atoms with Gasteiger partial charge in [-0.1, -0.05) is 36.8 Å². The molecule has 0 saturated heterocycles. The summed E-state index contributed by atoms with van der Waals surface area (Å²) in [5, 5.41) is 20.4. The molecule has 0 unspecified atom stereocenters. The van der Waals surface area contributed by atoms with Crippen LogP contribution in [0.1, 0.15) is 45.4 Å². The molecule has 2 N–H and O–H groups in total. The first kappa shape index (κ1) is 18.0. The van der Waals surface area contributed by atoms with Gasteiger partial charge in [0.05, 0.1) is 18.6 Å². The Hall–Kier alpha value is -1.39. The van der Waals surface area contributed by atoms with Crippen LogP contribution in [0.5, 0.6) is 0 Å². The van der Waals surface area contributed by atoms with Crippen molar-refractivity contribution in [2.24, 2.45) is 10.8 Å². The van der Waals surface area contributed by atoms with E-state index in [1.54, 1.807) is 0 Å². The van der Waals surface area contributed by atoms with Crippen LogP contribution in [0.3, 0.4) is 0 Å². The number of carbonyl (C=O) groups excluding carboxylic acids is 1. The van der Waals surface area contributed by atoms with Crippen LogP contribution < -0.4 is 0 Å². The molecule has 0 aromatic carbocycles. The second kappa shape index (κ2) is 7.45. The zero-order chi connectivity index (χ0) is 16.9. The average Bonchev–Trinajstić information content (AvgIpc) is 3.28. The summed E-state index contributed by atoms with van der Waals surface area (Å²) in [6.45, 7) is 5.01. The lowest BCUT2D eigenvalue weighted by molar-refractivity contribution is -0.148. The fraction of sp³-hybridized carbons (Fsp3) is 0.632. The molecule has 0 fully saturated rings. The van der Waals surface area contributed by atoms with Gasteiger partial charge in [0.15, 0.2) is 0 Å². The van der Waals surface area contributed by atoms with Crippen LogP contribution in [0.15, 0.2) is 36.0 Å². The number of aliphatic hydroxyl groups excluding tert-OH is 2. The van der Waals surface area contributed by atoms with Crippen molar-refractivity contribution in [3.05, 3.63) is 36.0 Å². The third kappa shape index (κ3) is 3.15. The van der Waals surface area contributed by atoms with Crippen molar-refractivity contribution in [2.75, 3.05) is 19.8 Å². The molecule has 2 aliphatic rings. The van der Waals surface area contributed by atoms with E-state index in [4.69, 9.17) is 4.74 Å². The number of aliphatic hydroxyl groups is 2. The van der Waals surface area contributed by atoms with Crippen molar-refractivity contribution >= 4 is 5.97 Å². The Morgan fingerprint density at radius 3 is 2.09 bits per heavy atom. The van der Waals surface area contributed by atoms with Gasteiger partial charge < -0.3 is 14.9 Å².